The van der Waals surface area contributed by atoms with Gasteiger partial charge in [0.2, 0.25) is 0 Å². The maximum atomic E-state index is 11.6. The zero-order valence-electron chi connectivity index (χ0n) is 9.53. The Morgan fingerprint density at radius 2 is 2.12 bits per heavy atom. The van der Waals surface area contributed by atoms with Crippen molar-refractivity contribution in [2.75, 3.05) is 6.61 Å². The van der Waals surface area contributed by atoms with Crippen molar-refractivity contribution >= 4 is 32.9 Å². The molecule has 0 aliphatic carbocycles. The highest BCUT2D eigenvalue weighted by atomic mass is 79.9. The first-order valence-electron chi connectivity index (χ1n) is 5.23. The van der Waals surface area contributed by atoms with Crippen LogP contribution in [0, 0.1) is 6.92 Å². The molecule has 0 N–H and O–H groups in total. The molecule has 0 bridgehead atoms. The van der Waals surface area contributed by atoms with Crippen LogP contribution in [-0.2, 0) is 4.74 Å². The van der Waals surface area contributed by atoms with Crippen LogP contribution in [0.2, 0.25) is 0 Å². The van der Waals surface area contributed by atoms with E-state index in [1.54, 1.807) is 13.8 Å². The van der Waals surface area contributed by atoms with Gasteiger partial charge in [-0.2, -0.15) is 0 Å². The van der Waals surface area contributed by atoms with Gasteiger partial charge in [0.1, 0.15) is 0 Å². The molecular weight excluding hydrogens is 284 g/mol. The lowest BCUT2D eigenvalue weighted by atomic mass is 10.2. The molecule has 0 radical (unpaired) electrons. The Morgan fingerprint density at radius 1 is 1.35 bits per heavy atom. The van der Waals surface area contributed by atoms with E-state index in [0.717, 1.165) is 9.99 Å². The summed E-state index contributed by atoms with van der Waals surface area (Å²) in [5, 5.41) is 0. The Morgan fingerprint density at radius 3 is 2.82 bits per heavy atom. The largest absolute Gasteiger partial charge is 0.461 e. The summed E-state index contributed by atoms with van der Waals surface area (Å²) < 4.78 is 5.86. The van der Waals surface area contributed by atoms with E-state index in [-0.39, 0.29) is 5.69 Å². The topological polar surface area (TPSA) is 52.1 Å². The van der Waals surface area contributed by atoms with Crippen molar-refractivity contribution in [3.63, 3.8) is 0 Å². The molecule has 1 aromatic carbocycles. The lowest BCUT2D eigenvalue weighted by Gasteiger charge is -2.05. The predicted molar refractivity (Wildman–Crippen MR) is 67.9 cm³/mol. The highest BCUT2D eigenvalue weighted by molar-refractivity contribution is 9.10. The minimum absolute atomic E-state index is 0.279. The molecule has 17 heavy (non-hydrogen) atoms. The van der Waals surface area contributed by atoms with Gasteiger partial charge in [0.05, 0.1) is 23.3 Å². The van der Waals surface area contributed by atoms with E-state index in [9.17, 15) is 4.79 Å². The fourth-order valence-electron chi connectivity index (χ4n) is 1.51. The van der Waals surface area contributed by atoms with Gasteiger partial charge in [-0.15, -0.1) is 0 Å². The van der Waals surface area contributed by atoms with Crippen molar-refractivity contribution in [3.8, 4) is 0 Å². The quantitative estimate of drug-likeness (QED) is 0.799. The third kappa shape index (κ3) is 2.44. The van der Waals surface area contributed by atoms with Gasteiger partial charge in [-0.05, 0) is 32.0 Å². The van der Waals surface area contributed by atoms with Crippen molar-refractivity contribution in [3.05, 3.63) is 34.1 Å². The van der Waals surface area contributed by atoms with E-state index in [1.165, 1.54) is 0 Å². The third-order valence-electron chi connectivity index (χ3n) is 2.27. The minimum Gasteiger partial charge on any atom is -0.461 e. The van der Waals surface area contributed by atoms with Gasteiger partial charge in [0.25, 0.3) is 0 Å². The molecule has 4 nitrogen and oxygen atoms in total. The molecule has 0 aliphatic rings. The molecule has 1 aromatic heterocycles. The number of nitrogens with zero attached hydrogens (tertiary/aromatic N) is 2. The molecule has 0 amide bonds. The fourth-order valence-corrected chi connectivity index (χ4v) is 1.86. The number of rotatable bonds is 2. The number of esters is 1. The van der Waals surface area contributed by atoms with Crippen LogP contribution in [0.4, 0.5) is 0 Å². The van der Waals surface area contributed by atoms with Crippen molar-refractivity contribution in [2.45, 2.75) is 13.8 Å². The Kier molecular flexibility index (Phi) is 3.38. The van der Waals surface area contributed by atoms with Crippen molar-refractivity contribution < 1.29 is 9.53 Å². The van der Waals surface area contributed by atoms with Gasteiger partial charge in [-0.3, -0.25) is 0 Å². The third-order valence-corrected chi connectivity index (χ3v) is 2.76. The number of aryl methyl sites for hydroxylation is 1. The zero-order valence-corrected chi connectivity index (χ0v) is 11.1. The number of aromatic nitrogens is 2. The summed E-state index contributed by atoms with van der Waals surface area (Å²) >= 11 is 3.37. The standard InChI is InChI=1S/C12H11BrN2O2/c1-3-17-12(16)11-7(2)14-10-6-8(13)4-5-9(10)15-11/h4-6H,3H2,1-2H3. The Bertz CT molecular complexity index is 584. The van der Waals surface area contributed by atoms with Crippen LogP contribution < -0.4 is 0 Å². The molecule has 0 spiro atoms. The molecule has 2 rings (SSSR count). The molecular formula is C12H11BrN2O2. The number of benzene rings is 1. The maximum Gasteiger partial charge on any atom is 0.358 e. The molecule has 0 fully saturated rings. The number of hydrogen-bond acceptors (Lipinski definition) is 4. The molecule has 5 heteroatoms. The highest BCUT2D eigenvalue weighted by Crippen LogP contribution is 2.18. The van der Waals surface area contributed by atoms with Gasteiger partial charge in [0.15, 0.2) is 5.69 Å². The average molecular weight is 295 g/mol. The van der Waals surface area contributed by atoms with Crippen LogP contribution in [0.5, 0.6) is 0 Å². The lowest BCUT2D eigenvalue weighted by molar-refractivity contribution is 0.0518. The van der Waals surface area contributed by atoms with E-state index >= 15 is 0 Å². The lowest BCUT2D eigenvalue weighted by Crippen LogP contribution is -2.10. The van der Waals surface area contributed by atoms with Gasteiger partial charge in [-0.25, -0.2) is 14.8 Å². The second kappa shape index (κ2) is 4.79. The summed E-state index contributed by atoms with van der Waals surface area (Å²) in [7, 11) is 0. The van der Waals surface area contributed by atoms with Crippen LogP contribution in [-0.4, -0.2) is 22.5 Å². The summed E-state index contributed by atoms with van der Waals surface area (Å²) in [5.74, 6) is -0.428. The molecule has 2 aromatic rings. The van der Waals surface area contributed by atoms with Crippen LogP contribution in [0.25, 0.3) is 11.0 Å². The van der Waals surface area contributed by atoms with Crippen molar-refractivity contribution in [2.24, 2.45) is 0 Å². The average Bonchev–Trinajstić information content (AvgIpc) is 2.28. The molecule has 0 atom stereocenters. The SMILES string of the molecule is CCOC(=O)c1nc2ccc(Br)cc2nc1C. The second-order valence-corrected chi connectivity index (χ2v) is 4.43. The smallest absolute Gasteiger partial charge is 0.358 e. The molecule has 0 saturated heterocycles. The Labute approximate surface area is 107 Å². The van der Waals surface area contributed by atoms with E-state index in [2.05, 4.69) is 25.9 Å². The van der Waals surface area contributed by atoms with E-state index in [0.29, 0.717) is 17.8 Å². The van der Waals surface area contributed by atoms with Crippen molar-refractivity contribution in [1.82, 2.24) is 9.97 Å². The summed E-state index contributed by atoms with van der Waals surface area (Å²) in [6.45, 7) is 3.84. The first-order valence-corrected chi connectivity index (χ1v) is 6.02. The number of fused-ring (bicyclic) bond motifs is 1. The summed E-state index contributed by atoms with van der Waals surface area (Å²) in [5.41, 5.74) is 2.29. The molecule has 88 valence electrons. The van der Waals surface area contributed by atoms with Crippen LogP contribution in [0.15, 0.2) is 22.7 Å². The van der Waals surface area contributed by atoms with Gasteiger partial charge in [0, 0.05) is 4.47 Å². The molecule has 1 heterocycles. The number of carbonyl (C=O) groups is 1. The fraction of sp³-hybridized carbons (Fsp3) is 0.250. The van der Waals surface area contributed by atoms with Gasteiger partial charge < -0.3 is 4.74 Å². The van der Waals surface area contributed by atoms with Gasteiger partial charge in [-0.1, -0.05) is 15.9 Å². The summed E-state index contributed by atoms with van der Waals surface area (Å²) in [6, 6.07) is 5.54. The Balaban J connectivity index is 2.55. The normalized spacial score (nSPS) is 10.5. The first-order chi connectivity index (χ1) is 8.11. The summed E-state index contributed by atoms with van der Waals surface area (Å²) in [4.78, 5) is 20.3. The van der Waals surface area contributed by atoms with Crippen LogP contribution >= 0.6 is 15.9 Å². The monoisotopic (exact) mass is 294 g/mol. The molecule has 0 aliphatic heterocycles. The number of carbonyl (C=O) groups excluding carboxylic acids is 1. The van der Waals surface area contributed by atoms with E-state index in [1.807, 2.05) is 18.2 Å². The Hall–Kier alpha value is -1.49. The van der Waals surface area contributed by atoms with Crippen molar-refractivity contribution in [1.29, 1.82) is 0 Å². The van der Waals surface area contributed by atoms with E-state index < -0.39 is 5.97 Å². The van der Waals surface area contributed by atoms with Crippen LogP contribution in [0.3, 0.4) is 0 Å². The number of hydrogen-bond donors (Lipinski definition) is 0. The molecule has 0 unspecified atom stereocenters. The highest BCUT2D eigenvalue weighted by Gasteiger charge is 2.14. The maximum absolute atomic E-state index is 11.6. The zero-order chi connectivity index (χ0) is 12.4. The number of ether oxygens (including phenoxy) is 1. The minimum atomic E-state index is -0.428. The van der Waals surface area contributed by atoms with E-state index in [4.69, 9.17) is 4.74 Å². The van der Waals surface area contributed by atoms with Crippen LogP contribution in [0.1, 0.15) is 23.1 Å². The second-order valence-electron chi connectivity index (χ2n) is 3.51. The first kappa shape index (κ1) is 12.0. The van der Waals surface area contributed by atoms with Gasteiger partial charge >= 0.3 is 5.97 Å². The summed E-state index contributed by atoms with van der Waals surface area (Å²) in [6.07, 6.45) is 0. The molecule has 0 saturated carbocycles. The predicted octanol–water partition coefficient (Wildman–Crippen LogP) is 2.88. The number of halogens is 1.